The topological polar surface area (TPSA) is 125 Å². The van der Waals surface area contributed by atoms with Crippen molar-refractivity contribution in [2.45, 2.75) is 11.8 Å². The van der Waals surface area contributed by atoms with Crippen molar-refractivity contribution in [1.29, 1.82) is 0 Å². The van der Waals surface area contributed by atoms with Gasteiger partial charge in [0.05, 0.1) is 5.56 Å². The van der Waals surface area contributed by atoms with Crippen LogP contribution in [-0.4, -0.2) is 37.3 Å². The number of thioether (sulfide) groups is 1. The van der Waals surface area contributed by atoms with Gasteiger partial charge in [-0.3, -0.25) is 5.10 Å². The van der Waals surface area contributed by atoms with Gasteiger partial charge in [0, 0.05) is 10.6 Å². The lowest BCUT2D eigenvalue weighted by Gasteiger charge is -2.07. The second-order valence-electron chi connectivity index (χ2n) is 7.25. The Labute approximate surface area is 209 Å². The third-order valence-electron chi connectivity index (χ3n) is 4.78. The minimum atomic E-state index is -1.10. The fourth-order valence-corrected chi connectivity index (χ4v) is 3.82. The molecular formula is C25H18ClN3O5S. The third-order valence-corrected chi connectivity index (χ3v) is 5.91. The van der Waals surface area contributed by atoms with Crippen LogP contribution in [0.15, 0.2) is 82.9 Å². The van der Waals surface area contributed by atoms with Gasteiger partial charge in [-0.1, -0.05) is 35.9 Å². The van der Waals surface area contributed by atoms with Crippen molar-refractivity contribution in [2.75, 3.05) is 0 Å². The number of hydrogen-bond acceptors (Lipinski definition) is 6. The number of aromatic amines is 1. The van der Waals surface area contributed by atoms with E-state index in [-0.39, 0.29) is 22.2 Å². The summed E-state index contributed by atoms with van der Waals surface area (Å²) in [5.74, 6) is -0.980. The van der Waals surface area contributed by atoms with E-state index in [2.05, 4.69) is 15.2 Å². The average Bonchev–Trinajstić information content (AvgIpc) is 3.32. The Bertz CT molecular complexity index is 1370. The summed E-state index contributed by atoms with van der Waals surface area (Å²) < 4.78 is 5.73. The van der Waals surface area contributed by atoms with Gasteiger partial charge >= 0.3 is 11.9 Å². The summed E-state index contributed by atoms with van der Waals surface area (Å²) in [4.78, 5) is 27.1. The zero-order chi connectivity index (χ0) is 24.8. The zero-order valence-electron chi connectivity index (χ0n) is 18.0. The van der Waals surface area contributed by atoms with Gasteiger partial charge in [-0.15, -0.1) is 5.10 Å². The van der Waals surface area contributed by atoms with Gasteiger partial charge in [-0.25, -0.2) is 14.6 Å². The van der Waals surface area contributed by atoms with Gasteiger partial charge in [0.15, 0.2) is 5.82 Å². The van der Waals surface area contributed by atoms with E-state index in [9.17, 15) is 14.7 Å². The van der Waals surface area contributed by atoms with Crippen molar-refractivity contribution < 1.29 is 24.5 Å². The number of carboxylic acid groups (broad SMARTS) is 2. The maximum atomic E-state index is 11.8. The average molecular weight is 508 g/mol. The third kappa shape index (κ3) is 6.50. The van der Waals surface area contributed by atoms with Crippen LogP contribution in [0.4, 0.5) is 0 Å². The summed E-state index contributed by atoms with van der Waals surface area (Å²) in [6.45, 7) is 0.270. The van der Waals surface area contributed by atoms with E-state index in [0.29, 0.717) is 22.2 Å². The standard InChI is InChI=1S/C25H18ClN3O5S/c26-19-9-7-17(8-10-19)22-27-25(29-28-22)35-21(24(32)33)13-15-3-11-20(12-4-15)34-14-16-1-5-18(6-2-16)23(30)31/h1-13H,14H2,(H,30,31)(H,32,33)(H,27,28,29)/b21-13-. The van der Waals surface area contributed by atoms with Crippen LogP contribution < -0.4 is 4.74 Å². The Balaban J connectivity index is 1.40. The monoisotopic (exact) mass is 507 g/mol. The smallest absolute Gasteiger partial charge is 0.342 e. The van der Waals surface area contributed by atoms with Gasteiger partial charge in [-0.05, 0) is 77.5 Å². The highest BCUT2D eigenvalue weighted by Crippen LogP contribution is 2.28. The minimum absolute atomic E-state index is 0.0545. The lowest BCUT2D eigenvalue weighted by molar-refractivity contribution is -0.131. The number of aromatic carboxylic acids is 1. The lowest BCUT2D eigenvalue weighted by atomic mass is 10.1. The Kier molecular flexibility index (Phi) is 7.49. The highest BCUT2D eigenvalue weighted by Gasteiger charge is 2.14. The summed E-state index contributed by atoms with van der Waals surface area (Å²) in [6.07, 6.45) is 1.53. The van der Waals surface area contributed by atoms with Crippen LogP contribution in [0.25, 0.3) is 17.5 Å². The van der Waals surface area contributed by atoms with Crippen molar-refractivity contribution in [3.05, 3.63) is 99.4 Å². The Hall–Kier alpha value is -4.08. The van der Waals surface area contributed by atoms with E-state index in [1.54, 1.807) is 60.7 Å². The summed E-state index contributed by atoms with van der Waals surface area (Å²) >= 11 is 6.84. The first-order valence-corrected chi connectivity index (χ1v) is 11.4. The number of halogens is 1. The highest BCUT2D eigenvalue weighted by molar-refractivity contribution is 8.04. The van der Waals surface area contributed by atoms with Crippen molar-refractivity contribution >= 4 is 41.4 Å². The number of aromatic nitrogens is 3. The molecule has 4 aromatic rings. The quantitative estimate of drug-likeness (QED) is 0.197. The molecule has 0 atom stereocenters. The van der Waals surface area contributed by atoms with E-state index in [4.69, 9.17) is 21.4 Å². The predicted molar refractivity (Wildman–Crippen MR) is 132 cm³/mol. The first-order valence-electron chi connectivity index (χ1n) is 10.2. The number of rotatable bonds is 9. The molecule has 1 heterocycles. The van der Waals surface area contributed by atoms with Crippen LogP contribution in [0.1, 0.15) is 21.5 Å². The summed E-state index contributed by atoms with van der Waals surface area (Å²) in [5, 5.41) is 26.4. The first-order chi connectivity index (χ1) is 16.9. The highest BCUT2D eigenvalue weighted by atomic mass is 35.5. The molecule has 3 aromatic carbocycles. The summed E-state index contributed by atoms with van der Waals surface area (Å²) in [5.41, 5.74) is 2.49. The van der Waals surface area contributed by atoms with Crippen LogP contribution in [0.3, 0.4) is 0 Å². The fraction of sp³-hybridized carbons (Fsp3) is 0.0400. The van der Waals surface area contributed by atoms with Crippen LogP contribution in [0, 0.1) is 0 Å². The molecule has 0 amide bonds. The Morgan fingerprint density at radius 3 is 2.29 bits per heavy atom. The molecule has 0 saturated heterocycles. The van der Waals surface area contributed by atoms with E-state index in [1.807, 2.05) is 0 Å². The van der Waals surface area contributed by atoms with Crippen molar-refractivity contribution in [3.8, 4) is 17.1 Å². The second kappa shape index (κ2) is 10.9. The molecule has 35 heavy (non-hydrogen) atoms. The largest absolute Gasteiger partial charge is 0.489 e. The molecule has 0 radical (unpaired) electrons. The molecule has 1 aromatic heterocycles. The van der Waals surface area contributed by atoms with Gasteiger partial charge in [0.2, 0.25) is 5.16 Å². The SMILES string of the molecule is O=C(O)/C(=C/c1ccc(OCc2ccc(C(=O)O)cc2)cc1)Sc1n[nH]c(-c2ccc(Cl)cc2)n1. The number of carbonyl (C=O) groups is 2. The predicted octanol–water partition coefficient (Wildman–Crippen LogP) is 5.62. The lowest BCUT2D eigenvalue weighted by Crippen LogP contribution is -1.99. The van der Waals surface area contributed by atoms with E-state index < -0.39 is 11.9 Å². The number of H-pyrrole nitrogens is 1. The number of carboxylic acids is 2. The molecule has 176 valence electrons. The normalized spacial score (nSPS) is 11.3. The van der Waals surface area contributed by atoms with Gasteiger partial charge in [0.25, 0.3) is 0 Å². The maximum Gasteiger partial charge on any atom is 0.342 e. The molecule has 4 rings (SSSR count). The number of hydrogen-bond donors (Lipinski definition) is 3. The molecule has 8 nitrogen and oxygen atoms in total. The Morgan fingerprint density at radius 2 is 1.66 bits per heavy atom. The minimum Gasteiger partial charge on any atom is -0.489 e. The number of ether oxygens (including phenoxy) is 1. The number of aliphatic carboxylic acids is 1. The number of nitrogens with one attached hydrogen (secondary N) is 1. The van der Waals surface area contributed by atoms with Gasteiger partial charge in [-0.2, -0.15) is 0 Å². The number of benzene rings is 3. The summed E-state index contributed by atoms with van der Waals surface area (Å²) in [7, 11) is 0. The molecule has 0 unspecified atom stereocenters. The van der Waals surface area contributed by atoms with E-state index in [1.165, 1.54) is 18.2 Å². The zero-order valence-corrected chi connectivity index (χ0v) is 19.6. The van der Waals surface area contributed by atoms with Crippen molar-refractivity contribution in [1.82, 2.24) is 15.2 Å². The molecule has 0 aliphatic carbocycles. The molecular weight excluding hydrogens is 490 g/mol. The van der Waals surface area contributed by atoms with Gasteiger partial charge < -0.3 is 14.9 Å². The summed E-state index contributed by atoms with van der Waals surface area (Å²) in [6, 6.07) is 20.4. The van der Waals surface area contributed by atoms with Crippen LogP contribution in [0.2, 0.25) is 5.02 Å². The molecule has 3 N–H and O–H groups in total. The van der Waals surface area contributed by atoms with Crippen LogP contribution in [-0.2, 0) is 11.4 Å². The second-order valence-corrected chi connectivity index (χ2v) is 8.69. The van der Waals surface area contributed by atoms with Crippen molar-refractivity contribution in [3.63, 3.8) is 0 Å². The van der Waals surface area contributed by atoms with Crippen LogP contribution >= 0.6 is 23.4 Å². The molecule has 0 aliphatic heterocycles. The molecule has 0 aliphatic rings. The number of nitrogens with zero attached hydrogens (tertiary/aromatic N) is 2. The molecule has 10 heteroatoms. The van der Waals surface area contributed by atoms with E-state index >= 15 is 0 Å². The van der Waals surface area contributed by atoms with Crippen LogP contribution in [0.5, 0.6) is 5.75 Å². The molecule has 0 spiro atoms. The molecule has 0 fully saturated rings. The molecule has 0 saturated carbocycles. The first kappa shape index (κ1) is 24.1. The Morgan fingerprint density at radius 1 is 0.971 bits per heavy atom. The maximum absolute atomic E-state index is 11.8. The van der Waals surface area contributed by atoms with Crippen molar-refractivity contribution in [2.24, 2.45) is 0 Å². The van der Waals surface area contributed by atoms with E-state index in [0.717, 1.165) is 22.9 Å². The fourth-order valence-electron chi connectivity index (χ4n) is 2.98. The molecule has 0 bridgehead atoms. The van der Waals surface area contributed by atoms with Gasteiger partial charge in [0.1, 0.15) is 17.3 Å².